The summed E-state index contributed by atoms with van der Waals surface area (Å²) in [7, 11) is 0. The van der Waals surface area contributed by atoms with E-state index in [2.05, 4.69) is 43.1 Å². The first-order chi connectivity index (χ1) is 8.13. The van der Waals surface area contributed by atoms with Gasteiger partial charge in [-0.2, -0.15) is 5.10 Å². The van der Waals surface area contributed by atoms with Gasteiger partial charge in [0.25, 0.3) is 0 Å². The molecule has 2 rings (SSSR count). The van der Waals surface area contributed by atoms with Crippen LogP contribution in [0.25, 0.3) is 11.1 Å². The third kappa shape index (κ3) is 2.24. The molecule has 0 amide bonds. The Kier molecular flexibility index (Phi) is 3.29. The molecule has 1 heterocycles. The van der Waals surface area contributed by atoms with Gasteiger partial charge in [0, 0.05) is 17.7 Å². The zero-order valence-electron chi connectivity index (χ0n) is 10.7. The van der Waals surface area contributed by atoms with Crippen molar-refractivity contribution >= 4 is 0 Å². The van der Waals surface area contributed by atoms with E-state index in [1.165, 1.54) is 27.8 Å². The van der Waals surface area contributed by atoms with E-state index in [9.17, 15) is 0 Å². The van der Waals surface area contributed by atoms with E-state index >= 15 is 0 Å². The summed E-state index contributed by atoms with van der Waals surface area (Å²) in [6, 6.07) is 4.42. The van der Waals surface area contributed by atoms with Crippen LogP contribution in [0.3, 0.4) is 0 Å². The maximum absolute atomic E-state index is 5.62. The Morgan fingerprint density at radius 3 is 2.41 bits per heavy atom. The van der Waals surface area contributed by atoms with Crippen molar-refractivity contribution in [3.8, 4) is 11.1 Å². The van der Waals surface area contributed by atoms with Crippen LogP contribution in [0.5, 0.6) is 0 Å². The van der Waals surface area contributed by atoms with E-state index in [4.69, 9.17) is 5.73 Å². The number of nitrogens with zero attached hydrogens (tertiary/aromatic N) is 1. The molecule has 0 atom stereocenters. The normalized spacial score (nSPS) is 10.8. The van der Waals surface area contributed by atoms with Crippen LogP contribution in [0.4, 0.5) is 0 Å². The summed E-state index contributed by atoms with van der Waals surface area (Å²) in [5, 5.41) is 7.19. The van der Waals surface area contributed by atoms with Crippen molar-refractivity contribution in [1.29, 1.82) is 0 Å². The van der Waals surface area contributed by atoms with Gasteiger partial charge in [-0.25, -0.2) is 0 Å². The lowest BCUT2D eigenvalue weighted by atomic mass is 9.93. The fourth-order valence-corrected chi connectivity index (χ4v) is 2.47. The molecule has 1 aromatic carbocycles. The predicted octanol–water partition coefficient (Wildman–Crippen LogP) is 2.50. The summed E-state index contributed by atoms with van der Waals surface area (Å²) in [4.78, 5) is 0. The van der Waals surface area contributed by atoms with Crippen LogP contribution in [0.1, 0.15) is 22.4 Å². The van der Waals surface area contributed by atoms with Gasteiger partial charge >= 0.3 is 0 Å². The Morgan fingerprint density at radius 2 is 1.82 bits per heavy atom. The second kappa shape index (κ2) is 4.72. The van der Waals surface area contributed by atoms with Gasteiger partial charge in [-0.15, -0.1) is 0 Å². The quantitative estimate of drug-likeness (QED) is 0.849. The van der Waals surface area contributed by atoms with Gasteiger partial charge in [0.15, 0.2) is 0 Å². The lowest BCUT2D eigenvalue weighted by Gasteiger charge is -2.11. The Bertz CT molecular complexity index is 503. The summed E-state index contributed by atoms with van der Waals surface area (Å²) >= 11 is 0. The zero-order valence-corrected chi connectivity index (χ0v) is 10.7. The molecule has 0 unspecified atom stereocenters. The SMILES string of the molecule is Cc1cc(C)c(-c2cn[nH]c2CCN)c(C)c1. The first kappa shape index (κ1) is 11.9. The number of nitrogens with two attached hydrogens (primary N) is 1. The van der Waals surface area contributed by atoms with Crippen molar-refractivity contribution in [3.05, 3.63) is 40.7 Å². The highest BCUT2D eigenvalue weighted by Gasteiger charge is 2.12. The minimum atomic E-state index is 0.638. The first-order valence-corrected chi connectivity index (χ1v) is 5.94. The molecule has 0 radical (unpaired) electrons. The van der Waals surface area contributed by atoms with Crippen LogP contribution in [-0.2, 0) is 6.42 Å². The molecular weight excluding hydrogens is 210 g/mol. The molecule has 90 valence electrons. The van der Waals surface area contributed by atoms with Gasteiger partial charge in [-0.1, -0.05) is 17.7 Å². The topological polar surface area (TPSA) is 54.7 Å². The predicted molar refractivity (Wildman–Crippen MR) is 71.0 cm³/mol. The number of benzene rings is 1. The molecule has 0 saturated carbocycles. The highest BCUT2D eigenvalue weighted by Crippen LogP contribution is 2.30. The molecule has 3 N–H and O–H groups in total. The lowest BCUT2D eigenvalue weighted by molar-refractivity contribution is 0.902. The third-order valence-corrected chi connectivity index (χ3v) is 3.06. The van der Waals surface area contributed by atoms with Crippen LogP contribution in [0.15, 0.2) is 18.3 Å². The van der Waals surface area contributed by atoms with Gasteiger partial charge in [0.05, 0.1) is 6.20 Å². The summed E-state index contributed by atoms with van der Waals surface area (Å²) in [6.07, 6.45) is 2.73. The Morgan fingerprint density at radius 1 is 1.18 bits per heavy atom. The Balaban J connectivity index is 2.56. The molecule has 3 nitrogen and oxygen atoms in total. The van der Waals surface area contributed by atoms with Gasteiger partial charge in [0.1, 0.15) is 0 Å². The van der Waals surface area contributed by atoms with Crippen LogP contribution in [0.2, 0.25) is 0 Å². The molecule has 1 aromatic heterocycles. The van der Waals surface area contributed by atoms with E-state index in [1.807, 2.05) is 6.20 Å². The molecular formula is C14H19N3. The molecule has 17 heavy (non-hydrogen) atoms. The number of hydrogen-bond donors (Lipinski definition) is 2. The summed E-state index contributed by atoms with van der Waals surface area (Å²) < 4.78 is 0. The number of hydrogen-bond acceptors (Lipinski definition) is 2. The van der Waals surface area contributed by atoms with Crippen molar-refractivity contribution in [2.75, 3.05) is 6.54 Å². The molecule has 0 aliphatic rings. The molecule has 0 aliphatic carbocycles. The molecule has 0 saturated heterocycles. The van der Waals surface area contributed by atoms with Crippen molar-refractivity contribution in [2.45, 2.75) is 27.2 Å². The smallest absolute Gasteiger partial charge is 0.0568 e. The largest absolute Gasteiger partial charge is 0.330 e. The van der Waals surface area contributed by atoms with Crippen molar-refractivity contribution in [2.24, 2.45) is 5.73 Å². The van der Waals surface area contributed by atoms with E-state index in [0.717, 1.165) is 12.1 Å². The van der Waals surface area contributed by atoms with Gasteiger partial charge < -0.3 is 5.73 Å². The standard InChI is InChI=1S/C14H19N3/c1-9-6-10(2)14(11(3)7-9)12-8-16-17-13(12)4-5-15/h6-8H,4-5,15H2,1-3H3,(H,16,17). The fraction of sp³-hybridized carbons (Fsp3) is 0.357. The highest BCUT2D eigenvalue weighted by atomic mass is 15.1. The molecule has 0 fully saturated rings. The second-order valence-corrected chi connectivity index (χ2v) is 4.57. The summed E-state index contributed by atoms with van der Waals surface area (Å²) in [6.45, 7) is 7.06. The second-order valence-electron chi connectivity index (χ2n) is 4.57. The number of rotatable bonds is 3. The molecule has 0 spiro atoms. The van der Waals surface area contributed by atoms with Crippen LogP contribution in [0, 0.1) is 20.8 Å². The average molecular weight is 229 g/mol. The third-order valence-electron chi connectivity index (χ3n) is 3.06. The minimum absolute atomic E-state index is 0.638. The maximum atomic E-state index is 5.62. The molecule has 2 aromatic rings. The van der Waals surface area contributed by atoms with Gasteiger partial charge in [0.2, 0.25) is 0 Å². The average Bonchev–Trinajstić information content (AvgIpc) is 2.65. The van der Waals surface area contributed by atoms with E-state index in [0.29, 0.717) is 6.54 Å². The number of aromatic nitrogens is 2. The maximum Gasteiger partial charge on any atom is 0.0568 e. The zero-order chi connectivity index (χ0) is 12.4. The van der Waals surface area contributed by atoms with E-state index in [-0.39, 0.29) is 0 Å². The summed E-state index contributed by atoms with van der Waals surface area (Å²) in [5.74, 6) is 0. The monoisotopic (exact) mass is 229 g/mol. The number of aryl methyl sites for hydroxylation is 3. The minimum Gasteiger partial charge on any atom is -0.330 e. The molecule has 0 bridgehead atoms. The number of H-pyrrole nitrogens is 1. The van der Waals surface area contributed by atoms with Crippen molar-refractivity contribution in [1.82, 2.24) is 10.2 Å². The van der Waals surface area contributed by atoms with Crippen LogP contribution in [-0.4, -0.2) is 16.7 Å². The molecule has 0 aliphatic heterocycles. The Hall–Kier alpha value is -1.61. The lowest BCUT2D eigenvalue weighted by Crippen LogP contribution is -2.04. The van der Waals surface area contributed by atoms with Crippen LogP contribution < -0.4 is 5.73 Å². The van der Waals surface area contributed by atoms with E-state index < -0.39 is 0 Å². The van der Waals surface area contributed by atoms with Gasteiger partial charge in [-0.05, 0) is 44.0 Å². The fourth-order valence-electron chi connectivity index (χ4n) is 2.47. The van der Waals surface area contributed by atoms with Crippen molar-refractivity contribution < 1.29 is 0 Å². The number of nitrogens with one attached hydrogen (secondary N) is 1. The highest BCUT2D eigenvalue weighted by molar-refractivity contribution is 5.72. The first-order valence-electron chi connectivity index (χ1n) is 5.94. The van der Waals surface area contributed by atoms with E-state index in [1.54, 1.807) is 0 Å². The number of aromatic amines is 1. The van der Waals surface area contributed by atoms with Crippen molar-refractivity contribution in [3.63, 3.8) is 0 Å². The summed E-state index contributed by atoms with van der Waals surface area (Å²) in [5.41, 5.74) is 13.1. The molecule has 3 heteroatoms. The Labute approximate surface area is 102 Å². The van der Waals surface area contributed by atoms with Crippen LogP contribution >= 0.6 is 0 Å². The van der Waals surface area contributed by atoms with Gasteiger partial charge in [-0.3, -0.25) is 5.10 Å².